The molecule has 0 spiro atoms. The quantitative estimate of drug-likeness (QED) is 0.167. The molecule has 1 saturated heterocycles. The van der Waals surface area contributed by atoms with Crippen LogP contribution in [-0.4, -0.2) is 107 Å². The number of nitrogens with zero attached hydrogens (tertiary/aromatic N) is 5. The zero-order valence-corrected chi connectivity index (χ0v) is 21.6. The van der Waals surface area contributed by atoms with Crippen molar-refractivity contribution in [2.75, 3.05) is 82.5 Å². The standard InChI is InChI=1S/C20H29BrN6O6S/c1-24-7-9-25(10-8-24)6-4-23-20(28)17-14-18(16(15-22)13-19(17)27(29)30)26(5-3-21)11-12-33-34(2,31)32/h13-14H,3-12H2,1-2H3,(H,23,28). The van der Waals surface area contributed by atoms with Gasteiger partial charge in [-0.25, -0.2) is 0 Å². The minimum Gasteiger partial charge on any atom is -0.367 e. The largest absolute Gasteiger partial charge is 0.367 e. The van der Waals surface area contributed by atoms with Crippen LogP contribution in [0.1, 0.15) is 15.9 Å². The van der Waals surface area contributed by atoms with E-state index in [1.54, 1.807) is 4.90 Å². The van der Waals surface area contributed by atoms with Crippen molar-refractivity contribution in [1.29, 1.82) is 5.26 Å². The summed E-state index contributed by atoms with van der Waals surface area (Å²) in [6.07, 6.45) is 0.930. The lowest BCUT2D eigenvalue weighted by Gasteiger charge is -2.32. The van der Waals surface area contributed by atoms with Crippen molar-refractivity contribution in [1.82, 2.24) is 15.1 Å². The van der Waals surface area contributed by atoms with E-state index < -0.39 is 26.6 Å². The molecule has 1 aliphatic heterocycles. The van der Waals surface area contributed by atoms with Gasteiger partial charge in [-0.3, -0.25) is 24.0 Å². The van der Waals surface area contributed by atoms with Gasteiger partial charge in [0.15, 0.2) is 0 Å². The fraction of sp³-hybridized carbons (Fsp3) is 0.600. The Bertz CT molecular complexity index is 1020. The number of hydrogen-bond donors (Lipinski definition) is 1. The van der Waals surface area contributed by atoms with E-state index in [9.17, 15) is 28.6 Å². The van der Waals surface area contributed by atoms with Crippen molar-refractivity contribution in [3.8, 4) is 6.07 Å². The summed E-state index contributed by atoms with van der Waals surface area (Å²) in [5.41, 5.74) is -0.348. The van der Waals surface area contributed by atoms with E-state index in [-0.39, 0.29) is 30.0 Å². The number of carbonyl (C=O) groups is 1. The Balaban J connectivity index is 2.23. The predicted molar refractivity (Wildman–Crippen MR) is 131 cm³/mol. The number of nitro groups is 1. The second-order valence-corrected chi connectivity index (χ2v) is 10.3. The summed E-state index contributed by atoms with van der Waals surface area (Å²) in [4.78, 5) is 29.9. The highest BCUT2D eigenvalue weighted by molar-refractivity contribution is 9.09. The number of halogens is 1. The highest BCUT2D eigenvalue weighted by Gasteiger charge is 2.26. The van der Waals surface area contributed by atoms with Gasteiger partial charge in [0.05, 0.1) is 29.0 Å². The van der Waals surface area contributed by atoms with Crippen LogP contribution in [0.5, 0.6) is 0 Å². The Labute approximate surface area is 207 Å². The molecule has 12 nitrogen and oxygen atoms in total. The molecule has 0 atom stereocenters. The van der Waals surface area contributed by atoms with Crippen LogP contribution in [0.4, 0.5) is 11.4 Å². The van der Waals surface area contributed by atoms with E-state index in [1.165, 1.54) is 6.07 Å². The lowest BCUT2D eigenvalue weighted by molar-refractivity contribution is -0.385. The zero-order valence-electron chi connectivity index (χ0n) is 19.2. The van der Waals surface area contributed by atoms with Crippen LogP contribution >= 0.6 is 15.9 Å². The Morgan fingerprint density at radius 1 is 1.32 bits per heavy atom. The molecule has 1 N–H and O–H groups in total. The van der Waals surface area contributed by atoms with E-state index in [2.05, 4.69) is 31.0 Å². The second kappa shape index (κ2) is 13.0. The first-order chi connectivity index (χ1) is 16.1. The first-order valence-corrected chi connectivity index (χ1v) is 13.6. The first kappa shape index (κ1) is 27.9. The number of alkyl halides is 1. The van der Waals surface area contributed by atoms with E-state index in [1.807, 2.05) is 13.1 Å². The highest BCUT2D eigenvalue weighted by atomic mass is 79.9. The molecule has 34 heavy (non-hydrogen) atoms. The summed E-state index contributed by atoms with van der Waals surface area (Å²) < 4.78 is 27.4. The molecule has 0 bridgehead atoms. The maximum atomic E-state index is 12.9. The minimum absolute atomic E-state index is 0.000919. The smallest absolute Gasteiger partial charge is 0.283 e. The van der Waals surface area contributed by atoms with Gasteiger partial charge in [0.25, 0.3) is 21.7 Å². The van der Waals surface area contributed by atoms with Crippen LogP contribution in [-0.2, 0) is 14.3 Å². The summed E-state index contributed by atoms with van der Waals surface area (Å²) in [6.45, 7) is 4.84. The first-order valence-electron chi connectivity index (χ1n) is 10.6. The highest BCUT2D eigenvalue weighted by Crippen LogP contribution is 2.29. The van der Waals surface area contributed by atoms with Crippen molar-refractivity contribution in [3.63, 3.8) is 0 Å². The van der Waals surface area contributed by atoms with E-state index >= 15 is 0 Å². The minimum atomic E-state index is -3.66. The van der Waals surface area contributed by atoms with Gasteiger partial charge >= 0.3 is 0 Å². The fourth-order valence-electron chi connectivity index (χ4n) is 3.51. The summed E-state index contributed by atoms with van der Waals surface area (Å²) in [6, 6.07) is 4.31. The average molecular weight is 561 g/mol. The zero-order chi connectivity index (χ0) is 25.3. The number of carbonyl (C=O) groups excluding carboxylic acids is 1. The molecule has 1 aromatic rings. The normalized spacial score (nSPS) is 15.0. The second-order valence-electron chi connectivity index (χ2n) is 7.86. The molecule has 1 fully saturated rings. The Morgan fingerprint density at radius 2 is 2.00 bits per heavy atom. The topological polar surface area (TPSA) is 149 Å². The molecule has 0 radical (unpaired) electrons. The lowest BCUT2D eigenvalue weighted by Crippen LogP contribution is -2.46. The third-order valence-corrected chi connectivity index (χ3v) is 6.29. The molecular weight excluding hydrogens is 532 g/mol. The van der Waals surface area contributed by atoms with Gasteiger partial charge in [-0.2, -0.15) is 13.7 Å². The molecule has 0 aliphatic carbocycles. The van der Waals surface area contributed by atoms with E-state index in [0.717, 1.165) is 38.5 Å². The number of nitriles is 1. The Kier molecular flexibility index (Phi) is 10.6. The summed E-state index contributed by atoms with van der Waals surface area (Å²) in [7, 11) is -1.61. The fourth-order valence-corrected chi connectivity index (χ4v) is 4.31. The number of rotatable bonds is 12. The number of anilines is 1. The lowest BCUT2D eigenvalue weighted by atomic mass is 10.0. The van der Waals surface area contributed by atoms with Gasteiger partial charge in [0, 0.05) is 63.8 Å². The van der Waals surface area contributed by atoms with E-state index in [0.29, 0.717) is 25.0 Å². The van der Waals surface area contributed by atoms with Crippen LogP contribution in [0.25, 0.3) is 0 Å². The third kappa shape index (κ3) is 8.48. The molecule has 0 unspecified atom stereocenters. The third-order valence-electron chi connectivity index (χ3n) is 5.34. The molecule has 0 saturated carbocycles. The van der Waals surface area contributed by atoms with Crippen LogP contribution in [0.2, 0.25) is 0 Å². The van der Waals surface area contributed by atoms with Gasteiger partial charge in [0.1, 0.15) is 11.6 Å². The maximum Gasteiger partial charge on any atom is 0.283 e. The molecule has 1 aliphatic rings. The molecule has 1 amide bonds. The van der Waals surface area contributed by atoms with Gasteiger partial charge < -0.3 is 15.1 Å². The molecule has 1 heterocycles. The molecule has 0 aromatic heterocycles. The van der Waals surface area contributed by atoms with E-state index in [4.69, 9.17) is 4.18 Å². The average Bonchev–Trinajstić information content (AvgIpc) is 2.78. The number of likely N-dealkylation sites (N-methyl/N-ethyl adjacent to an activating group) is 1. The van der Waals surface area contributed by atoms with Crippen LogP contribution in [0.15, 0.2) is 12.1 Å². The number of hydrogen-bond acceptors (Lipinski definition) is 10. The van der Waals surface area contributed by atoms with Crippen LogP contribution in [0, 0.1) is 21.4 Å². The molecule has 14 heteroatoms. The summed E-state index contributed by atoms with van der Waals surface area (Å²) in [5.74, 6) is -0.613. The number of amides is 1. The Hall–Kier alpha value is -2.31. The molecule has 2 rings (SSSR count). The Morgan fingerprint density at radius 3 is 2.56 bits per heavy atom. The van der Waals surface area contributed by atoms with Crippen molar-refractivity contribution in [3.05, 3.63) is 33.4 Å². The van der Waals surface area contributed by atoms with Gasteiger partial charge in [-0.05, 0) is 13.1 Å². The number of nitrogens with one attached hydrogen (secondary N) is 1. The van der Waals surface area contributed by atoms with Gasteiger partial charge in [-0.15, -0.1) is 0 Å². The SMILES string of the molecule is CN1CCN(CCNC(=O)c2cc(N(CCBr)CCOS(C)(=O)=O)c(C#N)cc2[N+](=O)[O-])CC1. The maximum absolute atomic E-state index is 12.9. The number of piperazine rings is 1. The van der Waals surface area contributed by atoms with Gasteiger partial charge in [-0.1, -0.05) is 15.9 Å². The van der Waals surface area contributed by atoms with Crippen molar-refractivity contribution >= 4 is 43.3 Å². The molecule has 1 aromatic carbocycles. The predicted octanol–water partition coefficient (Wildman–Crippen LogP) is 0.621. The van der Waals surface area contributed by atoms with Crippen molar-refractivity contribution < 1.29 is 22.3 Å². The van der Waals surface area contributed by atoms with Gasteiger partial charge in [0.2, 0.25) is 0 Å². The van der Waals surface area contributed by atoms with Crippen molar-refractivity contribution in [2.24, 2.45) is 0 Å². The van der Waals surface area contributed by atoms with Crippen LogP contribution < -0.4 is 10.2 Å². The van der Waals surface area contributed by atoms with Crippen molar-refractivity contribution in [2.45, 2.75) is 0 Å². The summed E-state index contributed by atoms with van der Waals surface area (Å²) >= 11 is 3.31. The van der Waals surface area contributed by atoms with Crippen LogP contribution in [0.3, 0.4) is 0 Å². The number of benzene rings is 1. The monoisotopic (exact) mass is 560 g/mol. The number of nitro benzene ring substituents is 1. The summed E-state index contributed by atoms with van der Waals surface area (Å²) in [5, 5.41) is 24.4. The molecular formula is C20H29BrN6O6S. The molecule has 188 valence electrons.